The van der Waals surface area contributed by atoms with Crippen molar-refractivity contribution < 1.29 is 24.1 Å². The molecule has 0 aromatic heterocycles. The highest BCUT2D eigenvalue weighted by molar-refractivity contribution is 5.68. The summed E-state index contributed by atoms with van der Waals surface area (Å²) in [5, 5.41) is 11.0. The van der Waals surface area contributed by atoms with Crippen molar-refractivity contribution in [3.8, 4) is 0 Å². The Kier molecular flexibility index (Phi) is 8.71. The number of ether oxygens (including phenoxy) is 3. The highest BCUT2D eigenvalue weighted by Crippen LogP contribution is 2.33. The first kappa shape index (κ1) is 26.2. The van der Waals surface area contributed by atoms with Crippen molar-refractivity contribution >= 4 is 6.09 Å². The summed E-state index contributed by atoms with van der Waals surface area (Å²) in [6.45, 7) is 8.10. The number of nitrogens with two attached hydrogens (primary N) is 1. The van der Waals surface area contributed by atoms with Crippen LogP contribution in [0.1, 0.15) is 51.0 Å². The number of amides is 1. The molecule has 1 aliphatic rings. The van der Waals surface area contributed by atoms with Crippen molar-refractivity contribution in [2.45, 2.75) is 63.7 Å². The Labute approximate surface area is 202 Å². The fraction of sp³-hybridized carbons (Fsp3) is 0.519. The molecule has 0 saturated carbocycles. The second-order valence-electron chi connectivity index (χ2n) is 9.97. The highest BCUT2D eigenvalue weighted by atomic mass is 16.6. The number of rotatable bonds is 7. The minimum absolute atomic E-state index is 0.311. The molecule has 1 saturated heterocycles. The van der Waals surface area contributed by atoms with Gasteiger partial charge in [0.1, 0.15) is 11.7 Å². The Balaban J connectivity index is 1.80. The van der Waals surface area contributed by atoms with Crippen LogP contribution < -0.4 is 5.73 Å². The maximum atomic E-state index is 12.8. The summed E-state index contributed by atoms with van der Waals surface area (Å²) in [7, 11) is 1.71. The van der Waals surface area contributed by atoms with E-state index in [9.17, 15) is 9.90 Å². The Morgan fingerprint density at radius 2 is 1.62 bits per heavy atom. The van der Waals surface area contributed by atoms with E-state index in [1.54, 1.807) is 11.9 Å². The molecule has 1 amide bonds. The molecular formula is C27H38N2O5. The third-order valence-corrected chi connectivity index (χ3v) is 6.24. The van der Waals surface area contributed by atoms with E-state index in [-0.39, 0.29) is 12.0 Å². The third-order valence-electron chi connectivity index (χ3n) is 6.24. The minimum atomic E-state index is -0.764. The first-order chi connectivity index (χ1) is 16.1. The molecule has 6 atom stereocenters. The van der Waals surface area contributed by atoms with E-state index in [0.29, 0.717) is 13.2 Å². The molecule has 3 N–H and O–H groups in total. The zero-order valence-electron chi connectivity index (χ0n) is 20.8. The number of aliphatic hydroxyl groups excluding tert-OH is 1. The van der Waals surface area contributed by atoms with E-state index >= 15 is 0 Å². The van der Waals surface area contributed by atoms with Crippen LogP contribution in [0, 0.1) is 5.92 Å². The second kappa shape index (κ2) is 11.3. The zero-order valence-corrected chi connectivity index (χ0v) is 20.8. The lowest BCUT2D eigenvalue weighted by atomic mass is 9.86. The predicted octanol–water partition coefficient (Wildman–Crippen LogP) is 4.08. The Hall–Kier alpha value is -2.45. The maximum Gasteiger partial charge on any atom is 0.410 e. The summed E-state index contributed by atoms with van der Waals surface area (Å²) in [5.41, 5.74) is 7.75. The monoisotopic (exact) mass is 470 g/mol. The van der Waals surface area contributed by atoms with E-state index < -0.39 is 36.0 Å². The number of hydrogen-bond donors (Lipinski definition) is 2. The molecule has 186 valence electrons. The van der Waals surface area contributed by atoms with Gasteiger partial charge in [-0.05, 0) is 38.8 Å². The van der Waals surface area contributed by atoms with Crippen molar-refractivity contribution in [3.05, 3.63) is 71.8 Å². The summed E-state index contributed by atoms with van der Waals surface area (Å²) in [4.78, 5) is 14.3. The summed E-state index contributed by atoms with van der Waals surface area (Å²) in [6.07, 6.45) is -2.12. The van der Waals surface area contributed by atoms with Gasteiger partial charge >= 0.3 is 6.09 Å². The molecule has 2 aromatic carbocycles. The number of nitrogens with zero attached hydrogens (tertiary/aromatic N) is 1. The molecule has 2 aromatic rings. The van der Waals surface area contributed by atoms with Crippen LogP contribution in [0.3, 0.4) is 0 Å². The number of carbonyl (C=O) groups excluding carboxylic acids is 1. The van der Waals surface area contributed by atoms with E-state index in [0.717, 1.165) is 11.1 Å². The maximum absolute atomic E-state index is 12.8. The van der Waals surface area contributed by atoms with Gasteiger partial charge in [-0.2, -0.15) is 0 Å². The summed E-state index contributed by atoms with van der Waals surface area (Å²) >= 11 is 0. The lowest BCUT2D eigenvalue weighted by Gasteiger charge is -2.41. The number of carbonyl (C=O) groups is 1. The number of likely N-dealkylation sites (N-methyl/N-ethyl adjacent to an activating group) is 1. The lowest BCUT2D eigenvalue weighted by Crippen LogP contribution is -2.54. The van der Waals surface area contributed by atoms with Crippen LogP contribution in [0.4, 0.5) is 4.79 Å². The fourth-order valence-electron chi connectivity index (χ4n) is 4.15. The zero-order chi connectivity index (χ0) is 24.9. The van der Waals surface area contributed by atoms with Gasteiger partial charge in [0.05, 0.1) is 31.5 Å². The summed E-state index contributed by atoms with van der Waals surface area (Å²) < 4.78 is 18.0. The SMILES string of the molecule is C[C@@H]([C@H](O[C@@H]1COC[C@@H]([C@@H](O)c2ccccc2)C1N)c1ccccc1)N(C)C(=O)OC(C)(C)C. The molecule has 7 heteroatoms. The molecule has 1 aliphatic heterocycles. The molecule has 0 aliphatic carbocycles. The van der Waals surface area contributed by atoms with Crippen molar-refractivity contribution in [1.29, 1.82) is 0 Å². The standard InChI is InChI=1S/C27H38N2O5/c1-18(29(5)26(31)34-27(2,3)4)25(20-14-10-7-11-15-20)33-22-17-32-16-21(23(22)28)24(30)19-12-8-6-9-13-19/h6-15,18,21-25,30H,16-17,28H2,1-5H3/t18-,21+,22+,23?,24-,25-/m0/s1. The van der Waals surface area contributed by atoms with Crippen LogP contribution in [0.2, 0.25) is 0 Å². The molecule has 3 rings (SSSR count). The van der Waals surface area contributed by atoms with Gasteiger partial charge in [-0.1, -0.05) is 60.7 Å². The Morgan fingerprint density at radius 1 is 1.06 bits per heavy atom. The van der Waals surface area contributed by atoms with E-state index in [1.165, 1.54) is 0 Å². The highest BCUT2D eigenvalue weighted by Gasteiger charge is 2.40. The number of aliphatic hydroxyl groups is 1. The van der Waals surface area contributed by atoms with Crippen molar-refractivity contribution in [3.63, 3.8) is 0 Å². The van der Waals surface area contributed by atoms with Gasteiger partial charge in [0, 0.05) is 19.0 Å². The molecule has 1 fully saturated rings. The van der Waals surface area contributed by atoms with Gasteiger partial charge < -0.3 is 30.0 Å². The van der Waals surface area contributed by atoms with Crippen LogP contribution in [0.25, 0.3) is 0 Å². The van der Waals surface area contributed by atoms with Gasteiger partial charge in [-0.25, -0.2) is 4.79 Å². The molecule has 0 radical (unpaired) electrons. The Morgan fingerprint density at radius 3 is 2.18 bits per heavy atom. The van der Waals surface area contributed by atoms with Gasteiger partial charge in [-0.3, -0.25) is 0 Å². The minimum Gasteiger partial charge on any atom is -0.444 e. The summed E-state index contributed by atoms with van der Waals surface area (Å²) in [5.74, 6) is -0.323. The van der Waals surface area contributed by atoms with Crippen molar-refractivity contribution in [1.82, 2.24) is 4.90 Å². The van der Waals surface area contributed by atoms with Crippen LogP contribution in [0.5, 0.6) is 0 Å². The third kappa shape index (κ3) is 6.57. The number of benzene rings is 2. The molecule has 7 nitrogen and oxygen atoms in total. The predicted molar refractivity (Wildman–Crippen MR) is 131 cm³/mol. The van der Waals surface area contributed by atoms with Gasteiger partial charge in [-0.15, -0.1) is 0 Å². The van der Waals surface area contributed by atoms with E-state index in [1.807, 2.05) is 88.4 Å². The van der Waals surface area contributed by atoms with Crippen LogP contribution in [-0.4, -0.2) is 60.1 Å². The van der Waals surface area contributed by atoms with Gasteiger partial charge in [0.15, 0.2) is 0 Å². The number of hydrogen-bond acceptors (Lipinski definition) is 6. The summed E-state index contributed by atoms with van der Waals surface area (Å²) in [6, 6.07) is 18.4. The smallest absolute Gasteiger partial charge is 0.410 e. The molecule has 1 unspecified atom stereocenters. The molecule has 1 heterocycles. The quantitative estimate of drug-likeness (QED) is 0.633. The Bertz CT molecular complexity index is 902. The molecule has 0 spiro atoms. The van der Waals surface area contributed by atoms with Crippen molar-refractivity contribution in [2.75, 3.05) is 20.3 Å². The molecular weight excluding hydrogens is 432 g/mol. The average molecular weight is 471 g/mol. The second-order valence-corrected chi connectivity index (χ2v) is 9.97. The van der Waals surface area contributed by atoms with Crippen LogP contribution in [0.15, 0.2) is 60.7 Å². The first-order valence-corrected chi connectivity index (χ1v) is 11.8. The van der Waals surface area contributed by atoms with Crippen molar-refractivity contribution in [2.24, 2.45) is 11.7 Å². The molecule has 34 heavy (non-hydrogen) atoms. The van der Waals surface area contributed by atoms with E-state index in [4.69, 9.17) is 19.9 Å². The van der Waals surface area contributed by atoms with Crippen LogP contribution >= 0.6 is 0 Å². The molecule has 0 bridgehead atoms. The van der Waals surface area contributed by atoms with Crippen LogP contribution in [-0.2, 0) is 14.2 Å². The van der Waals surface area contributed by atoms with Gasteiger partial charge in [0.25, 0.3) is 0 Å². The first-order valence-electron chi connectivity index (χ1n) is 11.8. The van der Waals surface area contributed by atoms with E-state index in [2.05, 4.69) is 0 Å². The van der Waals surface area contributed by atoms with Gasteiger partial charge in [0.2, 0.25) is 0 Å². The topological polar surface area (TPSA) is 94.2 Å². The fourth-order valence-corrected chi connectivity index (χ4v) is 4.15. The normalized spacial score (nSPS) is 23.6. The largest absolute Gasteiger partial charge is 0.444 e. The lowest BCUT2D eigenvalue weighted by molar-refractivity contribution is -0.144. The average Bonchev–Trinajstić information content (AvgIpc) is 2.82.